The Morgan fingerprint density at radius 2 is 1.15 bits per heavy atom. The second kappa shape index (κ2) is 9.32. The minimum atomic E-state index is -0.286. The molecule has 0 radical (unpaired) electrons. The number of aliphatic imine (C=N–C) groups is 1. The first kappa shape index (κ1) is 25.3. The molecule has 11 rings (SSSR count). The Kier molecular flexibility index (Phi) is 5.02. The van der Waals surface area contributed by atoms with Gasteiger partial charge in [-0.3, -0.25) is 0 Å². The number of hydrogen-bond acceptors (Lipinski definition) is 4. The van der Waals surface area contributed by atoms with Gasteiger partial charge in [0.25, 0.3) is 0 Å². The normalized spacial score (nSPS) is 14.9. The molecule has 220 valence electrons. The molecule has 0 fully saturated rings. The van der Waals surface area contributed by atoms with Crippen molar-refractivity contribution in [1.82, 2.24) is 4.57 Å². The summed E-state index contributed by atoms with van der Waals surface area (Å²) in [5.41, 5.74) is 6.32. The van der Waals surface area contributed by atoms with Crippen molar-refractivity contribution in [2.24, 2.45) is 4.99 Å². The fraction of sp³-hybridized carbons (Fsp3) is 0.0238. The molecule has 1 aliphatic heterocycles. The third kappa shape index (κ3) is 3.60. The highest BCUT2D eigenvalue weighted by atomic mass is 32.1. The Labute approximate surface area is 272 Å². The first-order valence-corrected chi connectivity index (χ1v) is 16.7. The van der Waals surface area contributed by atoms with Crippen LogP contribution in [-0.2, 0) is 0 Å². The Hall–Kier alpha value is -5.91. The van der Waals surface area contributed by atoms with Crippen LogP contribution < -0.4 is 5.32 Å². The van der Waals surface area contributed by atoms with Crippen LogP contribution in [0.25, 0.3) is 75.4 Å². The molecule has 7 aromatic carbocycles. The van der Waals surface area contributed by atoms with E-state index in [1.165, 1.54) is 59.0 Å². The number of anilines is 1. The monoisotopic (exact) mass is 619 g/mol. The molecule has 1 aliphatic rings. The SMILES string of the molecule is c1ccc2cc3c(cc2c1)c1cc2ccccc2cc1n3C1N=C(c2ccc3c(c2)oc2ccccc23)Nc2sc3ccccc3c21. The molecule has 4 nitrogen and oxygen atoms in total. The summed E-state index contributed by atoms with van der Waals surface area (Å²) in [6, 6.07) is 50.1. The topological polar surface area (TPSA) is 42.5 Å². The van der Waals surface area contributed by atoms with Crippen molar-refractivity contribution in [3.63, 3.8) is 0 Å². The first-order valence-electron chi connectivity index (χ1n) is 15.9. The molecular formula is C42H25N3OS. The smallest absolute Gasteiger partial charge is 0.157 e. The van der Waals surface area contributed by atoms with Gasteiger partial charge in [-0.05, 0) is 70.1 Å². The number of fused-ring (bicyclic) bond motifs is 11. The lowest BCUT2D eigenvalue weighted by molar-refractivity contribution is 0.658. The van der Waals surface area contributed by atoms with E-state index in [0.29, 0.717) is 0 Å². The molecule has 0 saturated heterocycles. The fourth-order valence-corrected chi connectivity index (χ4v) is 8.76. The molecule has 0 bridgehead atoms. The first-order chi connectivity index (χ1) is 23.3. The molecule has 0 saturated carbocycles. The average Bonchev–Trinajstić information content (AvgIpc) is 3.78. The lowest BCUT2D eigenvalue weighted by atomic mass is 10.0. The quantitative estimate of drug-likeness (QED) is 0.209. The van der Waals surface area contributed by atoms with E-state index in [2.05, 4.69) is 137 Å². The molecule has 10 aromatic rings. The van der Waals surface area contributed by atoms with Gasteiger partial charge in [0, 0.05) is 42.8 Å². The summed E-state index contributed by atoms with van der Waals surface area (Å²) in [5.74, 6) is 0.841. The van der Waals surface area contributed by atoms with E-state index in [1.807, 2.05) is 12.1 Å². The van der Waals surface area contributed by atoms with Gasteiger partial charge >= 0.3 is 0 Å². The second-order valence-corrected chi connectivity index (χ2v) is 13.5. The van der Waals surface area contributed by atoms with Crippen LogP contribution in [-0.4, -0.2) is 10.4 Å². The highest BCUT2D eigenvalue weighted by Crippen LogP contribution is 2.47. The molecule has 4 heterocycles. The van der Waals surface area contributed by atoms with Crippen molar-refractivity contribution in [2.45, 2.75) is 6.17 Å². The molecular weight excluding hydrogens is 595 g/mol. The van der Waals surface area contributed by atoms with Gasteiger partial charge in [-0.25, -0.2) is 4.99 Å². The summed E-state index contributed by atoms with van der Waals surface area (Å²) in [7, 11) is 0. The molecule has 1 unspecified atom stereocenters. The molecule has 0 amide bonds. The van der Waals surface area contributed by atoms with Gasteiger partial charge in [0.2, 0.25) is 0 Å². The molecule has 1 N–H and O–H groups in total. The Balaban J connectivity index is 1.24. The van der Waals surface area contributed by atoms with Crippen LogP contribution in [0.2, 0.25) is 0 Å². The highest BCUT2D eigenvalue weighted by Gasteiger charge is 2.31. The zero-order valence-corrected chi connectivity index (χ0v) is 25.9. The van der Waals surface area contributed by atoms with Gasteiger partial charge in [0.15, 0.2) is 6.17 Å². The van der Waals surface area contributed by atoms with Crippen molar-refractivity contribution < 1.29 is 4.42 Å². The van der Waals surface area contributed by atoms with Gasteiger partial charge in [-0.1, -0.05) is 91.0 Å². The van der Waals surface area contributed by atoms with Crippen LogP contribution in [0.15, 0.2) is 149 Å². The Morgan fingerprint density at radius 1 is 0.553 bits per heavy atom. The average molecular weight is 620 g/mol. The zero-order valence-electron chi connectivity index (χ0n) is 25.1. The lowest BCUT2D eigenvalue weighted by Crippen LogP contribution is -2.23. The van der Waals surface area contributed by atoms with Crippen molar-refractivity contribution in [2.75, 3.05) is 5.32 Å². The molecule has 5 heteroatoms. The molecule has 0 spiro atoms. The van der Waals surface area contributed by atoms with Crippen molar-refractivity contribution in [3.05, 3.63) is 151 Å². The number of nitrogens with zero attached hydrogens (tertiary/aromatic N) is 2. The number of hydrogen-bond donors (Lipinski definition) is 1. The van der Waals surface area contributed by atoms with Crippen LogP contribution in [0.3, 0.4) is 0 Å². The van der Waals surface area contributed by atoms with Crippen LogP contribution in [0.5, 0.6) is 0 Å². The van der Waals surface area contributed by atoms with E-state index in [9.17, 15) is 0 Å². The predicted octanol–water partition coefficient (Wildman–Crippen LogP) is 11.6. The van der Waals surface area contributed by atoms with Crippen molar-refractivity contribution in [3.8, 4) is 0 Å². The number of rotatable bonds is 2. The number of amidine groups is 1. The number of nitrogens with one attached hydrogen (secondary N) is 1. The van der Waals surface area contributed by atoms with Gasteiger partial charge in [-0.15, -0.1) is 11.3 Å². The van der Waals surface area contributed by atoms with Crippen LogP contribution in [0.4, 0.5) is 5.00 Å². The maximum Gasteiger partial charge on any atom is 0.157 e. The van der Waals surface area contributed by atoms with E-state index in [1.54, 1.807) is 11.3 Å². The summed E-state index contributed by atoms with van der Waals surface area (Å²) in [6.45, 7) is 0. The summed E-state index contributed by atoms with van der Waals surface area (Å²) >= 11 is 1.79. The number of furan rings is 1. The van der Waals surface area contributed by atoms with Gasteiger partial charge in [0.05, 0.1) is 11.0 Å². The molecule has 0 aliphatic carbocycles. The summed E-state index contributed by atoms with van der Waals surface area (Å²) in [5, 5.41) is 15.8. The predicted molar refractivity (Wildman–Crippen MR) is 198 cm³/mol. The van der Waals surface area contributed by atoms with E-state index in [4.69, 9.17) is 9.41 Å². The summed E-state index contributed by atoms with van der Waals surface area (Å²) < 4.78 is 10.0. The molecule has 1 atom stereocenters. The minimum absolute atomic E-state index is 0.286. The van der Waals surface area contributed by atoms with Crippen molar-refractivity contribution >= 4 is 97.5 Å². The van der Waals surface area contributed by atoms with Crippen molar-refractivity contribution in [1.29, 1.82) is 0 Å². The molecule has 3 aromatic heterocycles. The maximum absolute atomic E-state index is 6.31. The highest BCUT2D eigenvalue weighted by molar-refractivity contribution is 7.23. The summed E-state index contributed by atoms with van der Waals surface area (Å²) in [6.07, 6.45) is -0.286. The van der Waals surface area contributed by atoms with Gasteiger partial charge in [-0.2, -0.15) is 0 Å². The Bertz CT molecular complexity index is 2870. The number of thiophene rings is 1. The largest absolute Gasteiger partial charge is 0.456 e. The molecule has 47 heavy (non-hydrogen) atoms. The number of benzene rings is 7. The van der Waals surface area contributed by atoms with E-state index in [-0.39, 0.29) is 6.17 Å². The van der Waals surface area contributed by atoms with Crippen LogP contribution >= 0.6 is 11.3 Å². The van der Waals surface area contributed by atoms with E-state index < -0.39 is 0 Å². The number of para-hydroxylation sites is 1. The fourth-order valence-electron chi connectivity index (χ4n) is 7.63. The zero-order chi connectivity index (χ0) is 30.6. The Morgan fingerprint density at radius 3 is 1.87 bits per heavy atom. The van der Waals surface area contributed by atoms with E-state index in [0.717, 1.165) is 38.3 Å². The minimum Gasteiger partial charge on any atom is -0.456 e. The lowest BCUT2D eigenvalue weighted by Gasteiger charge is -2.26. The number of aromatic nitrogens is 1. The summed E-state index contributed by atoms with van der Waals surface area (Å²) in [4.78, 5) is 5.61. The third-order valence-corrected chi connectivity index (χ3v) is 10.9. The third-order valence-electron chi connectivity index (χ3n) is 9.81. The van der Waals surface area contributed by atoms with Crippen LogP contribution in [0, 0.1) is 0 Å². The van der Waals surface area contributed by atoms with E-state index >= 15 is 0 Å². The van der Waals surface area contributed by atoms with Crippen LogP contribution in [0.1, 0.15) is 17.3 Å². The standard InChI is InChI=1S/C42H25N3OS/c1-3-11-26-21-34-32(19-24(26)9-1)33-20-25-10-2-4-12-27(25)22-35(33)45(34)41-39-31-14-6-8-16-38(31)47-42(39)44-40(43-41)28-17-18-30-29-13-5-7-15-36(29)46-37(30)23-28/h1-23,41H,(H,43,44). The maximum atomic E-state index is 6.31. The van der Waals surface area contributed by atoms with Gasteiger partial charge in [0.1, 0.15) is 22.0 Å². The van der Waals surface area contributed by atoms with Gasteiger partial charge < -0.3 is 14.3 Å². The second-order valence-electron chi connectivity index (χ2n) is 12.4.